The predicted octanol–water partition coefficient (Wildman–Crippen LogP) is 6.98. The fourth-order valence-electron chi connectivity index (χ4n) is 4.51. The first kappa shape index (κ1) is 27.9. The maximum atomic E-state index is 13.1. The van der Waals surface area contributed by atoms with E-state index < -0.39 is 12.0 Å². The molecule has 0 aliphatic heterocycles. The Labute approximate surface area is 242 Å². The quantitative estimate of drug-likeness (QED) is 0.157. The number of carbonyl (C=O) groups excluding carboxylic acids is 1. The van der Waals surface area contributed by atoms with Crippen molar-refractivity contribution in [2.24, 2.45) is 0 Å². The number of thiophene rings is 1. The monoisotopic (exact) mass is 566 g/mol. The van der Waals surface area contributed by atoms with Crippen molar-refractivity contribution in [2.75, 3.05) is 11.9 Å². The number of carbonyl (C=O) groups is 2. The van der Waals surface area contributed by atoms with Crippen LogP contribution in [-0.4, -0.2) is 34.5 Å². The van der Waals surface area contributed by atoms with Crippen molar-refractivity contribution in [3.8, 4) is 16.5 Å². The molecule has 0 radical (unpaired) electrons. The van der Waals surface area contributed by atoms with Crippen LogP contribution in [0, 0.1) is 13.8 Å². The van der Waals surface area contributed by atoms with Gasteiger partial charge in [-0.15, -0.1) is 11.3 Å². The van der Waals surface area contributed by atoms with E-state index in [-0.39, 0.29) is 12.2 Å². The molecule has 8 heteroatoms. The molecule has 5 rings (SSSR count). The van der Waals surface area contributed by atoms with Gasteiger partial charge in [0.2, 0.25) is 5.89 Å². The molecular formula is C33H30N2O5S. The van der Waals surface area contributed by atoms with Crippen molar-refractivity contribution in [1.82, 2.24) is 4.98 Å². The molecule has 0 bridgehead atoms. The number of hydrogen-bond acceptors (Lipinski definition) is 7. The molecule has 0 unspecified atom stereocenters. The number of carboxylic acid groups (broad SMARTS) is 1. The molecule has 2 heterocycles. The summed E-state index contributed by atoms with van der Waals surface area (Å²) in [6, 6.07) is 24.4. The number of aryl methyl sites for hydroxylation is 2. The minimum Gasteiger partial charge on any atom is -0.493 e. The van der Waals surface area contributed by atoms with Gasteiger partial charge in [-0.2, -0.15) is 0 Å². The standard InChI is InChI=1S/C33H30N2O5S/c1-21-17-19-41-31(21)32-35-27(22(2)40-32)16-18-39-25-14-12-23(13-15-25)20-29(33(37)38)34-28-11-7-6-10-26(28)30(36)24-8-4-3-5-9-24/h3-15,17,19,29,34H,16,18,20H2,1-2H3,(H,37,38)/t29-/m0/s1. The van der Waals surface area contributed by atoms with Crippen LogP contribution in [0.2, 0.25) is 0 Å². The zero-order valence-electron chi connectivity index (χ0n) is 22.8. The summed E-state index contributed by atoms with van der Waals surface area (Å²) in [4.78, 5) is 30.9. The summed E-state index contributed by atoms with van der Waals surface area (Å²) >= 11 is 1.61. The SMILES string of the molecule is Cc1ccsc1-c1nc(CCOc2ccc(C[C@H](Nc3ccccc3C(=O)c3ccccc3)C(=O)O)cc2)c(C)o1. The molecule has 0 saturated heterocycles. The maximum absolute atomic E-state index is 13.1. The molecule has 0 fully saturated rings. The van der Waals surface area contributed by atoms with Gasteiger partial charge in [-0.3, -0.25) is 4.79 Å². The van der Waals surface area contributed by atoms with Crippen LogP contribution in [0.3, 0.4) is 0 Å². The third kappa shape index (κ3) is 6.73. The third-order valence-electron chi connectivity index (χ3n) is 6.76. The van der Waals surface area contributed by atoms with Crippen molar-refractivity contribution in [2.45, 2.75) is 32.7 Å². The fourth-order valence-corrected chi connectivity index (χ4v) is 5.36. The number of hydrogen-bond donors (Lipinski definition) is 2. The van der Waals surface area contributed by atoms with Gasteiger partial charge in [0.05, 0.1) is 17.2 Å². The van der Waals surface area contributed by atoms with Gasteiger partial charge in [-0.25, -0.2) is 9.78 Å². The van der Waals surface area contributed by atoms with Crippen LogP contribution >= 0.6 is 11.3 Å². The van der Waals surface area contributed by atoms with Crippen LogP contribution < -0.4 is 10.1 Å². The second-order valence-electron chi connectivity index (χ2n) is 9.68. The Hall–Kier alpha value is -4.69. The lowest BCUT2D eigenvalue weighted by molar-refractivity contribution is -0.137. The Morgan fingerprint density at radius 1 is 0.976 bits per heavy atom. The fraction of sp³-hybridized carbons (Fsp3) is 0.182. The number of anilines is 1. The smallest absolute Gasteiger partial charge is 0.326 e. The number of ketones is 1. The molecule has 5 aromatic rings. The van der Waals surface area contributed by atoms with E-state index in [9.17, 15) is 14.7 Å². The Morgan fingerprint density at radius 2 is 1.71 bits per heavy atom. The van der Waals surface area contributed by atoms with Crippen molar-refractivity contribution in [1.29, 1.82) is 0 Å². The van der Waals surface area contributed by atoms with E-state index in [0.29, 0.717) is 41.5 Å². The van der Waals surface area contributed by atoms with E-state index in [1.165, 1.54) is 0 Å². The zero-order chi connectivity index (χ0) is 28.8. The minimum atomic E-state index is -1.01. The van der Waals surface area contributed by atoms with E-state index in [1.54, 1.807) is 59.9 Å². The lowest BCUT2D eigenvalue weighted by Crippen LogP contribution is -2.32. The van der Waals surface area contributed by atoms with E-state index >= 15 is 0 Å². The highest BCUT2D eigenvalue weighted by atomic mass is 32.1. The summed E-state index contributed by atoms with van der Waals surface area (Å²) < 4.78 is 11.8. The molecule has 3 aromatic carbocycles. The summed E-state index contributed by atoms with van der Waals surface area (Å²) in [5.74, 6) is 0.933. The molecule has 41 heavy (non-hydrogen) atoms. The molecule has 0 aliphatic rings. The Bertz CT molecular complexity index is 1640. The molecule has 7 nitrogen and oxygen atoms in total. The number of benzene rings is 3. The van der Waals surface area contributed by atoms with Crippen molar-refractivity contribution in [3.05, 3.63) is 124 Å². The van der Waals surface area contributed by atoms with E-state index in [1.807, 2.05) is 55.6 Å². The number of aromatic nitrogens is 1. The average molecular weight is 567 g/mol. The molecule has 2 N–H and O–H groups in total. The molecule has 0 amide bonds. The number of carboxylic acids is 1. The Morgan fingerprint density at radius 3 is 2.41 bits per heavy atom. The molecule has 2 aromatic heterocycles. The number of rotatable bonds is 12. The first-order chi connectivity index (χ1) is 19.9. The van der Waals surface area contributed by atoms with E-state index in [2.05, 4.69) is 10.3 Å². The summed E-state index contributed by atoms with van der Waals surface area (Å²) in [7, 11) is 0. The summed E-state index contributed by atoms with van der Waals surface area (Å²) in [6.45, 7) is 4.38. The largest absolute Gasteiger partial charge is 0.493 e. The second kappa shape index (κ2) is 12.7. The summed E-state index contributed by atoms with van der Waals surface area (Å²) in [6.07, 6.45) is 0.833. The topological polar surface area (TPSA) is 102 Å². The van der Waals surface area contributed by atoms with Crippen molar-refractivity contribution < 1.29 is 23.8 Å². The van der Waals surface area contributed by atoms with Crippen LogP contribution in [0.25, 0.3) is 10.8 Å². The van der Waals surface area contributed by atoms with Crippen molar-refractivity contribution >= 4 is 28.8 Å². The van der Waals surface area contributed by atoms with E-state index in [4.69, 9.17) is 9.15 Å². The van der Waals surface area contributed by atoms with Gasteiger partial charge in [0.1, 0.15) is 17.6 Å². The van der Waals surface area contributed by atoms with Gasteiger partial charge in [-0.05, 0) is 60.7 Å². The summed E-state index contributed by atoms with van der Waals surface area (Å²) in [5, 5.41) is 15.0. The van der Waals surface area contributed by atoms with Gasteiger partial charge < -0.3 is 19.6 Å². The minimum absolute atomic E-state index is 0.169. The molecule has 1 atom stereocenters. The number of para-hydroxylation sites is 1. The Balaban J connectivity index is 1.19. The number of aliphatic carboxylic acids is 1. The predicted molar refractivity (Wildman–Crippen MR) is 160 cm³/mol. The highest BCUT2D eigenvalue weighted by Gasteiger charge is 2.21. The maximum Gasteiger partial charge on any atom is 0.326 e. The van der Waals surface area contributed by atoms with Gasteiger partial charge in [0, 0.05) is 29.7 Å². The first-order valence-corrected chi connectivity index (χ1v) is 14.2. The number of oxazole rings is 1. The lowest BCUT2D eigenvalue weighted by Gasteiger charge is -2.18. The number of ether oxygens (including phenoxy) is 1. The van der Waals surface area contributed by atoms with Crippen LogP contribution in [-0.2, 0) is 17.6 Å². The van der Waals surface area contributed by atoms with Crippen LogP contribution in [0.4, 0.5) is 5.69 Å². The van der Waals surface area contributed by atoms with Gasteiger partial charge >= 0.3 is 5.97 Å². The molecule has 0 saturated carbocycles. The summed E-state index contributed by atoms with van der Waals surface area (Å²) in [5.41, 5.74) is 4.28. The average Bonchev–Trinajstić information content (AvgIpc) is 3.58. The lowest BCUT2D eigenvalue weighted by atomic mass is 10.00. The van der Waals surface area contributed by atoms with Crippen LogP contribution in [0.1, 0.15) is 38.5 Å². The first-order valence-electron chi connectivity index (χ1n) is 13.3. The molecule has 0 aliphatic carbocycles. The van der Waals surface area contributed by atoms with Gasteiger partial charge in [0.25, 0.3) is 0 Å². The Kier molecular flexibility index (Phi) is 8.60. The van der Waals surface area contributed by atoms with Gasteiger partial charge in [-0.1, -0.05) is 54.6 Å². The number of nitrogens with zero attached hydrogens (tertiary/aromatic N) is 1. The molecule has 0 spiro atoms. The third-order valence-corrected chi connectivity index (χ3v) is 7.76. The van der Waals surface area contributed by atoms with Crippen LogP contribution in [0.15, 0.2) is 94.7 Å². The zero-order valence-corrected chi connectivity index (χ0v) is 23.6. The van der Waals surface area contributed by atoms with Crippen molar-refractivity contribution in [3.63, 3.8) is 0 Å². The van der Waals surface area contributed by atoms with E-state index in [0.717, 1.165) is 27.5 Å². The molecular weight excluding hydrogens is 536 g/mol. The number of nitrogens with one attached hydrogen (secondary N) is 1. The second-order valence-corrected chi connectivity index (χ2v) is 10.6. The highest BCUT2D eigenvalue weighted by molar-refractivity contribution is 7.13. The van der Waals surface area contributed by atoms with Crippen LogP contribution in [0.5, 0.6) is 5.75 Å². The normalized spacial score (nSPS) is 11.7. The highest BCUT2D eigenvalue weighted by Crippen LogP contribution is 2.30. The van der Waals surface area contributed by atoms with Gasteiger partial charge in [0.15, 0.2) is 5.78 Å². The molecule has 208 valence electrons.